The number of H-pyrrole nitrogens is 1. The predicted octanol–water partition coefficient (Wildman–Crippen LogP) is 3.60. The van der Waals surface area contributed by atoms with Crippen molar-refractivity contribution in [2.24, 2.45) is 0 Å². The molecule has 24 heavy (non-hydrogen) atoms. The van der Waals surface area contributed by atoms with Crippen LogP contribution in [0.25, 0.3) is 11.3 Å². The number of carbonyl (C=O) groups excluding carboxylic acids is 1. The molecule has 0 aliphatic carbocycles. The molecule has 2 heterocycles. The Morgan fingerprint density at radius 1 is 1.29 bits per heavy atom. The minimum atomic E-state index is -0.366. The molecule has 3 N–H and O–H groups in total. The van der Waals surface area contributed by atoms with Crippen LogP contribution in [-0.2, 0) is 6.54 Å². The van der Waals surface area contributed by atoms with Gasteiger partial charge in [0.05, 0.1) is 29.5 Å². The van der Waals surface area contributed by atoms with E-state index in [1.54, 1.807) is 6.20 Å². The van der Waals surface area contributed by atoms with E-state index in [2.05, 4.69) is 47.4 Å². The van der Waals surface area contributed by atoms with E-state index >= 15 is 0 Å². The van der Waals surface area contributed by atoms with E-state index in [0.717, 1.165) is 15.7 Å². The molecule has 0 aliphatic heterocycles. The molecule has 0 saturated heterocycles. The minimum absolute atomic E-state index is 0.274. The number of aromatic nitrogens is 3. The van der Waals surface area contributed by atoms with Gasteiger partial charge in [0.25, 0.3) is 0 Å². The SMILES string of the molecule is C#Cc1cnc(NC(=O)NCc2ncc(-c3ccc(Br)cc3)[nH]2)s1. The van der Waals surface area contributed by atoms with Crippen LogP contribution in [0.15, 0.2) is 41.1 Å². The average molecular weight is 402 g/mol. The Bertz CT molecular complexity index is 894. The second-order valence-electron chi connectivity index (χ2n) is 4.73. The van der Waals surface area contributed by atoms with Gasteiger partial charge in [-0.2, -0.15) is 0 Å². The van der Waals surface area contributed by atoms with E-state index in [1.165, 1.54) is 17.5 Å². The number of nitrogens with one attached hydrogen (secondary N) is 3. The Kier molecular flexibility index (Phi) is 4.93. The van der Waals surface area contributed by atoms with Crippen LogP contribution in [0, 0.1) is 12.3 Å². The normalized spacial score (nSPS) is 10.2. The van der Waals surface area contributed by atoms with Gasteiger partial charge >= 0.3 is 6.03 Å². The summed E-state index contributed by atoms with van der Waals surface area (Å²) >= 11 is 4.64. The third kappa shape index (κ3) is 4.01. The van der Waals surface area contributed by atoms with Crippen molar-refractivity contribution in [1.82, 2.24) is 20.3 Å². The molecule has 2 aromatic heterocycles. The number of terminal acetylenes is 1. The van der Waals surface area contributed by atoms with Gasteiger partial charge in [0, 0.05) is 4.47 Å². The number of hydrogen-bond donors (Lipinski definition) is 3. The molecule has 0 radical (unpaired) electrons. The fourth-order valence-electron chi connectivity index (χ4n) is 1.93. The molecule has 0 unspecified atom stereocenters. The summed E-state index contributed by atoms with van der Waals surface area (Å²) in [5.41, 5.74) is 1.91. The first-order valence-electron chi connectivity index (χ1n) is 6.91. The summed E-state index contributed by atoms with van der Waals surface area (Å²) < 4.78 is 1.01. The Balaban J connectivity index is 1.56. The quantitative estimate of drug-likeness (QED) is 0.584. The summed E-state index contributed by atoms with van der Waals surface area (Å²) in [6.07, 6.45) is 8.54. The molecule has 0 saturated carbocycles. The Morgan fingerprint density at radius 2 is 2.08 bits per heavy atom. The molecule has 0 spiro atoms. The van der Waals surface area contributed by atoms with Crippen molar-refractivity contribution in [2.75, 3.05) is 5.32 Å². The first-order chi connectivity index (χ1) is 11.6. The van der Waals surface area contributed by atoms with E-state index in [4.69, 9.17) is 6.42 Å². The van der Waals surface area contributed by atoms with E-state index < -0.39 is 0 Å². The summed E-state index contributed by atoms with van der Waals surface area (Å²) in [7, 11) is 0. The maximum absolute atomic E-state index is 11.8. The van der Waals surface area contributed by atoms with Gasteiger partial charge in [-0.05, 0) is 17.7 Å². The van der Waals surface area contributed by atoms with Gasteiger partial charge in [-0.1, -0.05) is 45.3 Å². The second kappa shape index (κ2) is 7.29. The highest BCUT2D eigenvalue weighted by atomic mass is 79.9. The molecular formula is C16H12BrN5OS. The number of halogens is 1. The van der Waals surface area contributed by atoms with Crippen molar-refractivity contribution >= 4 is 38.4 Å². The molecule has 2 amide bonds. The van der Waals surface area contributed by atoms with Crippen LogP contribution in [0.3, 0.4) is 0 Å². The number of nitrogens with zero attached hydrogens (tertiary/aromatic N) is 2. The number of rotatable bonds is 4. The smallest absolute Gasteiger partial charge is 0.321 e. The zero-order chi connectivity index (χ0) is 16.9. The zero-order valence-electron chi connectivity index (χ0n) is 12.3. The topological polar surface area (TPSA) is 82.7 Å². The summed E-state index contributed by atoms with van der Waals surface area (Å²) in [6.45, 7) is 0.274. The summed E-state index contributed by atoms with van der Waals surface area (Å²) in [4.78, 5) is 24.0. The van der Waals surface area contributed by atoms with Crippen LogP contribution in [0.5, 0.6) is 0 Å². The highest BCUT2D eigenvalue weighted by Gasteiger charge is 2.07. The number of hydrogen-bond acceptors (Lipinski definition) is 4. The fourth-order valence-corrected chi connectivity index (χ4v) is 2.82. The number of anilines is 1. The molecule has 120 valence electrons. The summed E-state index contributed by atoms with van der Waals surface area (Å²) in [5, 5.41) is 5.79. The van der Waals surface area contributed by atoms with Crippen LogP contribution < -0.4 is 10.6 Å². The maximum Gasteiger partial charge on any atom is 0.321 e. The van der Waals surface area contributed by atoms with Gasteiger partial charge in [-0.15, -0.1) is 6.42 Å². The summed E-state index contributed by atoms with van der Waals surface area (Å²) in [6, 6.07) is 7.51. The van der Waals surface area contributed by atoms with Crippen molar-refractivity contribution in [1.29, 1.82) is 0 Å². The van der Waals surface area contributed by atoms with Gasteiger partial charge in [-0.25, -0.2) is 14.8 Å². The van der Waals surface area contributed by atoms with E-state index in [0.29, 0.717) is 15.8 Å². The van der Waals surface area contributed by atoms with Crippen molar-refractivity contribution < 1.29 is 4.79 Å². The van der Waals surface area contributed by atoms with Gasteiger partial charge in [0.1, 0.15) is 5.82 Å². The Morgan fingerprint density at radius 3 is 2.79 bits per heavy atom. The molecule has 1 aromatic carbocycles. The number of imidazole rings is 1. The summed E-state index contributed by atoms with van der Waals surface area (Å²) in [5.74, 6) is 3.13. The van der Waals surface area contributed by atoms with Gasteiger partial charge in [0.15, 0.2) is 5.13 Å². The van der Waals surface area contributed by atoms with E-state index in [9.17, 15) is 4.79 Å². The number of thiazole rings is 1. The number of amides is 2. The van der Waals surface area contributed by atoms with Gasteiger partial charge in [-0.3, -0.25) is 5.32 Å². The third-order valence-electron chi connectivity index (χ3n) is 3.07. The Hall–Kier alpha value is -2.63. The molecule has 6 nitrogen and oxygen atoms in total. The van der Waals surface area contributed by atoms with Crippen LogP contribution in [0.4, 0.5) is 9.93 Å². The van der Waals surface area contributed by atoms with Gasteiger partial charge in [0.2, 0.25) is 0 Å². The molecule has 3 aromatic rings. The second-order valence-corrected chi connectivity index (χ2v) is 6.68. The highest BCUT2D eigenvalue weighted by molar-refractivity contribution is 9.10. The fraction of sp³-hybridized carbons (Fsp3) is 0.0625. The predicted molar refractivity (Wildman–Crippen MR) is 97.6 cm³/mol. The number of aromatic amines is 1. The average Bonchev–Trinajstić information content (AvgIpc) is 3.23. The van der Waals surface area contributed by atoms with Crippen molar-refractivity contribution in [3.63, 3.8) is 0 Å². The van der Waals surface area contributed by atoms with Crippen LogP contribution in [-0.4, -0.2) is 21.0 Å². The molecule has 0 bridgehead atoms. The molecule has 0 atom stereocenters. The molecule has 8 heteroatoms. The van der Waals surface area contributed by atoms with Crippen molar-refractivity contribution in [2.45, 2.75) is 6.54 Å². The number of benzene rings is 1. The van der Waals surface area contributed by atoms with E-state index in [-0.39, 0.29) is 12.6 Å². The largest absolute Gasteiger partial charge is 0.341 e. The van der Waals surface area contributed by atoms with Crippen molar-refractivity contribution in [3.8, 4) is 23.6 Å². The highest BCUT2D eigenvalue weighted by Crippen LogP contribution is 2.20. The lowest BCUT2D eigenvalue weighted by Gasteiger charge is -2.03. The number of urea groups is 1. The maximum atomic E-state index is 11.8. The lowest BCUT2D eigenvalue weighted by Crippen LogP contribution is -2.28. The first-order valence-corrected chi connectivity index (χ1v) is 8.52. The molecule has 0 aliphatic rings. The van der Waals surface area contributed by atoms with Crippen molar-refractivity contribution in [3.05, 3.63) is 51.8 Å². The van der Waals surface area contributed by atoms with Crippen LogP contribution in [0.2, 0.25) is 0 Å². The van der Waals surface area contributed by atoms with E-state index in [1.807, 2.05) is 24.3 Å². The van der Waals surface area contributed by atoms with Crippen LogP contribution >= 0.6 is 27.3 Å². The molecule has 0 fully saturated rings. The third-order valence-corrected chi connectivity index (χ3v) is 4.44. The lowest BCUT2D eigenvalue weighted by molar-refractivity contribution is 0.251. The monoisotopic (exact) mass is 401 g/mol. The number of carbonyl (C=O) groups is 1. The molecular weight excluding hydrogens is 390 g/mol. The Labute approximate surface area is 150 Å². The zero-order valence-corrected chi connectivity index (χ0v) is 14.7. The standard InChI is InChI=1S/C16H12BrN5OS/c1-2-12-7-20-16(24-12)22-15(23)19-9-14-18-8-13(21-14)10-3-5-11(17)6-4-10/h1,3-8H,9H2,(H,18,21)(H2,19,20,22,23). The lowest BCUT2D eigenvalue weighted by atomic mass is 10.2. The molecule has 3 rings (SSSR count). The first kappa shape index (κ1) is 16.2. The minimum Gasteiger partial charge on any atom is -0.341 e. The van der Waals surface area contributed by atoms with Gasteiger partial charge < -0.3 is 10.3 Å². The van der Waals surface area contributed by atoms with Crippen LogP contribution in [0.1, 0.15) is 10.7 Å².